The van der Waals surface area contributed by atoms with E-state index in [0.29, 0.717) is 74.3 Å². The summed E-state index contributed by atoms with van der Waals surface area (Å²) in [7, 11) is 3.88. The number of allylic oxidation sites excluding steroid dienone is 2. The molecule has 4 nitrogen and oxygen atoms in total. The maximum atomic E-state index is 10.9. The molecule has 0 aromatic carbocycles. The van der Waals surface area contributed by atoms with Crippen LogP contribution in [0.5, 0.6) is 0 Å². The third-order valence-electron chi connectivity index (χ3n) is 27.4. The van der Waals surface area contributed by atoms with Gasteiger partial charge >= 0.3 is 0 Å². The van der Waals surface area contributed by atoms with Gasteiger partial charge in [0.15, 0.2) is 0 Å². The molecular formula is C62H104O4. The smallest absolute Gasteiger partial charge is 0.0625 e. The summed E-state index contributed by atoms with van der Waals surface area (Å²) >= 11 is 0. The minimum absolute atomic E-state index is 0.0290. The molecule has 0 aromatic rings. The van der Waals surface area contributed by atoms with Crippen LogP contribution in [0.15, 0.2) is 24.3 Å². The SMILES string of the molecule is C=C(C)[C@@H]1CC[C@]2(CO)CC[C@]3(C)[C@H](CC[C@@H]4[C@@]5(C)CC[C@H](O)C(C)(C)[C@@H]5CC[C@]43C)[C@@H]12.C=C(C)[C@@H]1CC[C@]2(COC)CC[C@]3(C)[C@H](CC[C@@H]4[C@@]5(C)CC[C@H](OC)C(C)(C)[C@@H]5CC[C@]43C)[C@@H]12. The Morgan fingerprint density at radius 3 is 1.41 bits per heavy atom. The van der Waals surface area contributed by atoms with Crippen molar-refractivity contribution in [3.05, 3.63) is 24.3 Å². The quantitative estimate of drug-likeness (QED) is 0.261. The molecule has 10 aliphatic carbocycles. The van der Waals surface area contributed by atoms with Crippen LogP contribution in [0.4, 0.5) is 0 Å². The predicted molar refractivity (Wildman–Crippen MR) is 274 cm³/mol. The molecule has 10 aliphatic rings. The van der Waals surface area contributed by atoms with Crippen molar-refractivity contribution in [1.82, 2.24) is 0 Å². The average molecular weight is 914 g/mol. The van der Waals surface area contributed by atoms with Gasteiger partial charge in [0, 0.05) is 20.8 Å². The van der Waals surface area contributed by atoms with Gasteiger partial charge in [0.1, 0.15) is 0 Å². The summed E-state index contributed by atoms with van der Waals surface area (Å²) in [5.41, 5.74) is 6.04. The summed E-state index contributed by atoms with van der Waals surface area (Å²) in [6, 6.07) is 0. The lowest BCUT2D eigenvalue weighted by Crippen LogP contribution is -2.67. The van der Waals surface area contributed by atoms with Crippen LogP contribution in [0.3, 0.4) is 0 Å². The van der Waals surface area contributed by atoms with Gasteiger partial charge in [-0.15, -0.1) is 0 Å². The number of ether oxygens (including phenoxy) is 2. The Hall–Kier alpha value is -0.680. The minimum atomic E-state index is -0.147. The standard InChI is InChI=1S/C32H54O2.C30H50O2/c1-21(2)22-12-17-32(20-33-8)19-18-30(6)23(27(22)32)10-11-25-29(5)15-14-26(34-9)28(3,4)24(29)13-16-31(25,30)7;1-19(2)20-10-15-30(18-31)17-16-28(6)21(25(20)30)8-9-23-27(5)13-12-24(32)26(3,4)22(27)11-14-29(23,28)7/h22-27H,1,10-20H2,2-9H3;20-25,31-32H,1,8-18H2,2-7H3/t22-,23+,24-,25+,26-,27+,29-,30+,31+,32+;20-,21+,22-,23+,24-,25+,27-,28+,29+,30+/m00/s1. The number of aliphatic hydroxyl groups is 2. The Morgan fingerprint density at radius 2 is 0.939 bits per heavy atom. The second-order valence-electron chi connectivity index (χ2n) is 29.6. The lowest BCUT2D eigenvalue weighted by molar-refractivity contribution is -0.251. The van der Waals surface area contributed by atoms with E-state index in [1.807, 2.05) is 14.2 Å². The Morgan fingerprint density at radius 1 is 0.485 bits per heavy atom. The van der Waals surface area contributed by atoms with Gasteiger partial charge in [0.25, 0.3) is 0 Å². The van der Waals surface area contributed by atoms with Crippen LogP contribution in [-0.4, -0.2) is 49.9 Å². The zero-order valence-electron chi connectivity index (χ0n) is 45.6. The molecule has 10 fully saturated rings. The number of aliphatic hydroxyl groups excluding tert-OH is 2. The Balaban J connectivity index is 0.000000166. The summed E-state index contributed by atoms with van der Waals surface area (Å²) in [5, 5.41) is 21.5. The molecule has 10 rings (SSSR count). The van der Waals surface area contributed by atoms with Gasteiger partial charge in [-0.1, -0.05) is 93.5 Å². The lowest BCUT2D eigenvalue weighted by Gasteiger charge is -2.73. The van der Waals surface area contributed by atoms with Crippen LogP contribution in [0.1, 0.15) is 212 Å². The van der Waals surface area contributed by atoms with Gasteiger partial charge in [-0.25, -0.2) is 0 Å². The second kappa shape index (κ2) is 16.4. The average Bonchev–Trinajstić information content (AvgIpc) is 3.84. The molecule has 0 amide bonds. The van der Waals surface area contributed by atoms with E-state index in [2.05, 4.69) is 96.2 Å². The van der Waals surface area contributed by atoms with Gasteiger partial charge < -0.3 is 19.7 Å². The van der Waals surface area contributed by atoms with Crippen molar-refractivity contribution in [1.29, 1.82) is 0 Å². The van der Waals surface area contributed by atoms with Gasteiger partial charge in [0.2, 0.25) is 0 Å². The molecule has 0 aromatic heterocycles. The highest BCUT2D eigenvalue weighted by molar-refractivity contribution is 5.24. The largest absolute Gasteiger partial charge is 0.396 e. The topological polar surface area (TPSA) is 58.9 Å². The number of hydrogen-bond acceptors (Lipinski definition) is 4. The second-order valence-corrected chi connectivity index (χ2v) is 29.6. The fourth-order valence-corrected chi connectivity index (χ4v) is 23.8. The van der Waals surface area contributed by atoms with Gasteiger partial charge in [-0.2, -0.15) is 0 Å². The normalized spacial score (nSPS) is 55.2. The molecule has 376 valence electrons. The fourth-order valence-electron chi connectivity index (χ4n) is 23.8. The monoisotopic (exact) mass is 913 g/mol. The first-order valence-electron chi connectivity index (χ1n) is 28.4. The highest BCUT2D eigenvalue weighted by Gasteiger charge is 2.73. The number of fused-ring (bicyclic) bond motifs is 14. The van der Waals surface area contributed by atoms with E-state index in [4.69, 9.17) is 9.47 Å². The van der Waals surface area contributed by atoms with E-state index in [9.17, 15) is 10.2 Å². The highest BCUT2D eigenvalue weighted by Crippen LogP contribution is 2.80. The zero-order chi connectivity index (χ0) is 48.1. The summed E-state index contributed by atoms with van der Waals surface area (Å²) in [6.45, 7) is 40.8. The van der Waals surface area contributed by atoms with Crippen molar-refractivity contribution in [2.24, 2.45) is 113 Å². The van der Waals surface area contributed by atoms with Gasteiger partial charge in [0.05, 0.1) is 18.8 Å². The molecule has 0 heterocycles. The highest BCUT2D eigenvalue weighted by atomic mass is 16.5. The maximum Gasteiger partial charge on any atom is 0.0625 e. The van der Waals surface area contributed by atoms with Crippen LogP contribution in [0, 0.1) is 113 Å². The number of methoxy groups -OCH3 is 2. The first kappa shape index (κ1) is 50.3. The molecule has 0 aliphatic heterocycles. The first-order valence-corrected chi connectivity index (χ1v) is 28.4. The molecular weight excluding hydrogens is 809 g/mol. The molecule has 10 saturated carbocycles. The van der Waals surface area contributed by atoms with Crippen LogP contribution < -0.4 is 0 Å². The first-order chi connectivity index (χ1) is 30.8. The predicted octanol–water partition coefficient (Wildman–Crippen LogP) is 15.3. The third-order valence-corrected chi connectivity index (χ3v) is 27.4. The molecule has 0 unspecified atom stereocenters. The van der Waals surface area contributed by atoms with Gasteiger partial charge in [-0.05, 0) is 256 Å². The maximum absolute atomic E-state index is 10.9. The Labute approximate surface area is 406 Å². The van der Waals surface area contributed by atoms with E-state index in [1.54, 1.807) is 0 Å². The third kappa shape index (κ3) is 6.51. The molecule has 66 heavy (non-hydrogen) atoms. The molecule has 0 radical (unpaired) electrons. The fraction of sp³-hybridized carbons (Fsp3) is 0.935. The van der Waals surface area contributed by atoms with E-state index in [1.165, 1.54) is 133 Å². The van der Waals surface area contributed by atoms with Crippen LogP contribution in [-0.2, 0) is 9.47 Å². The summed E-state index contributed by atoms with van der Waals surface area (Å²) in [6.07, 6.45) is 26.3. The van der Waals surface area contributed by atoms with Crippen molar-refractivity contribution in [3.8, 4) is 0 Å². The Kier molecular flexibility index (Phi) is 12.5. The van der Waals surface area contributed by atoms with E-state index >= 15 is 0 Å². The number of rotatable bonds is 6. The Bertz CT molecular complexity index is 1870. The molecule has 0 bridgehead atoms. The van der Waals surface area contributed by atoms with Crippen LogP contribution >= 0.6 is 0 Å². The van der Waals surface area contributed by atoms with Crippen molar-refractivity contribution >= 4 is 0 Å². The van der Waals surface area contributed by atoms with Crippen LogP contribution in [0.2, 0.25) is 0 Å². The van der Waals surface area contributed by atoms with Crippen LogP contribution in [0.25, 0.3) is 0 Å². The van der Waals surface area contributed by atoms with Crippen molar-refractivity contribution in [2.75, 3.05) is 27.4 Å². The van der Waals surface area contributed by atoms with Gasteiger partial charge in [-0.3, -0.25) is 0 Å². The molecule has 0 saturated heterocycles. The van der Waals surface area contributed by atoms with E-state index in [0.717, 1.165) is 48.5 Å². The van der Waals surface area contributed by atoms with Crippen molar-refractivity contribution < 1.29 is 19.7 Å². The molecule has 2 N–H and O–H groups in total. The zero-order valence-corrected chi connectivity index (χ0v) is 45.6. The molecule has 20 atom stereocenters. The number of hydrogen-bond donors (Lipinski definition) is 2. The summed E-state index contributed by atoms with van der Waals surface area (Å²) in [4.78, 5) is 0. The molecule has 4 heteroatoms. The van der Waals surface area contributed by atoms with E-state index in [-0.39, 0.29) is 22.3 Å². The van der Waals surface area contributed by atoms with Crippen molar-refractivity contribution in [2.45, 2.75) is 224 Å². The minimum Gasteiger partial charge on any atom is -0.396 e. The van der Waals surface area contributed by atoms with E-state index < -0.39 is 0 Å². The molecule has 0 spiro atoms. The lowest BCUT2D eigenvalue weighted by atomic mass is 9.32. The summed E-state index contributed by atoms with van der Waals surface area (Å²) in [5.74, 6) is 7.25. The summed E-state index contributed by atoms with van der Waals surface area (Å²) < 4.78 is 12.0. The van der Waals surface area contributed by atoms with Crippen molar-refractivity contribution in [3.63, 3.8) is 0 Å².